The van der Waals surface area contributed by atoms with Gasteiger partial charge in [-0.3, -0.25) is 9.13 Å². The number of amides is 1. The van der Waals surface area contributed by atoms with E-state index in [0.29, 0.717) is 17.0 Å². The Hall–Kier alpha value is -3.35. The minimum atomic E-state index is -0.556. The van der Waals surface area contributed by atoms with Crippen molar-refractivity contribution in [2.24, 2.45) is 4.99 Å². The number of hydrogen-bond donors (Lipinski definition) is 0. The number of benzene rings is 4. The zero-order valence-electron chi connectivity index (χ0n) is 26.5. The van der Waals surface area contributed by atoms with Crippen LogP contribution in [0.5, 0.6) is 0 Å². The number of halogens is 2. The summed E-state index contributed by atoms with van der Waals surface area (Å²) in [5.41, 5.74) is 13.4. The number of aryl methyl sites for hydroxylation is 8. The summed E-state index contributed by atoms with van der Waals surface area (Å²) in [6, 6.07) is 24.5. The first kappa shape index (κ1) is 33.5. The molecule has 4 aromatic carbocycles. The Morgan fingerprint density at radius 2 is 1.09 bits per heavy atom. The molecule has 8 heteroatoms. The molecular formula is C36H37Cl2N4OTi-. The predicted octanol–water partition coefficient (Wildman–Crippen LogP) is 10.2. The van der Waals surface area contributed by atoms with Gasteiger partial charge < -0.3 is 10.1 Å². The zero-order valence-corrected chi connectivity index (χ0v) is 29.5. The number of carbonyl (C=O) groups is 1. The van der Waals surface area contributed by atoms with E-state index in [4.69, 9.17) is 23.6 Å². The van der Waals surface area contributed by atoms with Crippen LogP contribution in [0.2, 0.25) is 0 Å². The number of imidazole rings is 1. The van der Waals surface area contributed by atoms with Crippen molar-refractivity contribution in [3.05, 3.63) is 140 Å². The van der Waals surface area contributed by atoms with Gasteiger partial charge in [-0.1, -0.05) is 82.9 Å². The Labute approximate surface area is 277 Å². The summed E-state index contributed by atoms with van der Waals surface area (Å²) in [5.74, 6) is -0.324. The van der Waals surface area contributed by atoms with Crippen molar-refractivity contribution in [1.29, 1.82) is 0 Å². The predicted molar refractivity (Wildman–Crippen MR) is 180 cm³/mol. The quantitative estimate of drug-likeness (QED) is 0.173. The number of rotatable bonds is 5. The molecule has 0 aliphatic heterocycles. The van der Waals surface area contributed by atoms with E-state index in [1.54, 1.807) is 0 Å². The van der Waals surface area contributed by atoms with Gasteiger partial charge >= 0.3 is 35.6 Å². The van der Waals surface area contributed by atoms with Gasteiger partial charge in [0.25, 0.3) is 0 Å². The molecule has 0 atom stereocenters. The van der Waals surface area contributed by atoms with Gasteiger partial charge in [-0.25, -0.2) is 4.99 Å². The Balaban J connectivity index is 0.00000141. The van der Waals surface area contributed by atoms with Crippen molar-refractivity contribution >= 4 is 35.9 Å². The molecule has 44 heavy (non-hydrogen) atoms. The molecule has 0 radical (unpaired) electrons. The maximum atomic E-state index is 14.1. The third kappa shape index (κ3) is 7.65. The summed E-state index contributed by atoms with van der Waals surface area (Å²) in [6.45, 7) is 16.7. The molecule has 5 aromatic rings. The van der Waals surface area contributed by atoms with E-state index in [0.717, 1.165) is 50.4 Å². The monoisotopic (exact) mass is 659 g/mol. The SMILES string of the molecule is Cc1ccc(N=c2n(-c3c(C)cc(C)cc3C)cc(C(=O)[N-]c3ccc(C)cc3)n2-c2c(C)cc(C)cc2C)cc1.[Cl][Ti][Cl]. The minimum absolute atomic E-state index is 0.324. The molecule has 0 unspecified atom stereocenters. The molecule has 5 nitrogen and oxygen atoms in total. The Bertz CT molecular complexity index is 1820. The fourth-order valence-corrected chi connectivity index (χ4v) is 5.70. The molecule has 0 spiro atoms. The van der Waals surface area contributed by atoms with E-state index in [1.165, 1.54) is 11.1 Å². The van der Waals surface area contributed by atoms with E-state index in [2.05, 4.69) is 94.7 Å². The fraction of sp³-hybridized carbons (Fsp3) is 0.222. The normalized spacial score (nSPS) is 11.2. The van der Waals surface area contributed by atoms with E-state index < -0.39 is 17.0 Å². The van der Waals surface area contributed by atoms with Crippen LogP contribution in [-0.2, 0) is 17.0 Å². The molecule has 0 aliphatic rings. The molecule has 0 bridgehead atoms. The first-order chi connectivity index (χ1) is 20.9. The van der Waals surface area contributed by atoms with Crippen molar-refractivity contribution in [1.82, 2.24) is 9.13 Å². The summed E-state index contributed by atoms with van der Waals surface area (Å²) in [6.07, 6.45) is 1.90. The molecule has 1 aromatic heterocycles. The van der Waals surface area contributed by atoms with Crippen LogP contribution in [0.25, 0.3) is 16.7 Å². The van der Waals surface area contributed by atoms with Crippen molar-refractivity contribution < 1.29 is 21.8 Å². The van der Waals surface area contributed by atoms with E-state index in [1.807, 2.05) is 54.1 Å². The van der Waals surface area contributed by atoms with Gasteiger partial charge in [-0.15, -0.1) is 5.69 Å². The van der Waals surface area contributed by atoms with Crippen molar-refractivity contribution in [3.8, 4) is 11.4 Å². The topological polar surface area (TPSA) is 53.4 Å². The van der Waals surface area contributed by atoms with Crippen molar-refractivity contribution in [2.75, 3.05) is 0 Å². The van der Waals surface area contributed by atoms with Crippen LogP contribution in [-0.4, -0.2) is 15.0 Å². The zero-order chi connectivity index (χ0) is 32.1. The third-order valence-corrected chi connectivity index (χ3v) is 7.39. The molecule has 0 aliphatic carbocycles. The van der Waals surface area contributed by atoms with Gasteiger partial charge in [0.1, 0.15) is 5.91 Å². The van der Waals surface area contributed by atoms with Crippen LogP contribution in [0.15, 0.2) is 84.0 Å². The summed E-state index contributed by atoms with van der Waals surface area (Å²) >= 11 is -0.556. The Morgan fingerprint density at radius 1 is 0.659 bits per heavy atom. The van der Waals surface area contributed by atoms with Crippen LogP contribution in [0, 0.1) is 55.4 Å². The molecule has 1 heterocycles. The fourth-order valence-electron chi connectivity index (χ4n) is 5.70. The van der Waals surface area contributed by atoms with Crippen LogP contribution >= 0.6 is 18.6 Å². The van der Waals surface area contributed by atoms with E-state index in [-0.39, 0.29) is 5.91 Å². The number of nitrogens with zero attached hydrogens (tertiary/aromatic N) is 4. The maximum absolute atomic E-state index is 14.1. The molecule has 5 rings (SSSR count). The van der Waals surface area contributed by atoms with Gasteiger partial charge in [-0.2, -0.15) is 0 Å². The van der Waals surface area contributed by atoms with Gasteiger partial charge in [0, 0.05) is 6.20 Å². The van der Waals surface area contributed by atoms with Gasteiger partial charge in [0.05, 0.1) is 22.8 Å². The van der Waals surface area contributed by atoms with Gasteiger partial charge in [0.2, 0.25) is 5.62 Å². The third-order valence-electron chi connectivity index (χ3n) is 7.39. The van der Waals surface area contributed by atoms with Crippen LogP contribution in [0.4, 0.5) is 11.4 Å². The molecular weight excluding hydrogens is 623 g/mol. The standard InChI is InChI=1S/C36H38N4O.2ClH.Ti/c1-22-9-13-30(14-10-22)37-35(41)32-21-39(33-26(5)17-24(3)18-27(33)6)36(38-31-15-11-23(2)12-16-31)40(32)34-28(7)19-25(4)20-29(34)8;;;/h9-21H,1-8H3,(H,37,41);2*1H;/q;;;+2/p-3. The van der Waals surface area contributed by atoms with E-state index in [9.17, 15) is 4.79 Å². The number of aromatic nitrogens is 2. The second-order valence-electron chi connectivity index (χ2n) is 11.3. The van der Waals surface area contributed by atoms with Gasteiger partial charge in [-0.05, 0) is 89.8 Å². The molecule has 0 N–H and O–H groups in total. The van der Waals surface area contributed by atoms with Crippen LogP contribution in [0.1, 0.15) is 55.0 Å². The number of hydrogen-bond acceptors (Lipinski definition) is 2. The Morgan fingerprint density at radius 3 is 1.57 bits per heavy atom. The van der Waals surface area contributed by atoms with E-state index >= 15 is 0 Å². The van der Waals surface area contributed by atoms with Crippen LogP contribution in [0.3, 0.4) is 0 Å². The van der Waals surface area contributed by atoms with Crippen molar-refractivity contribution in [2.45, 2.75) is 55.4 Å². The first-order valence-electron chi connectivity index (χ1n) is 14.3. The summed E-state index contributed by atoms with van der Waals surface area (Å²) in [4.78, 5) is 19.3. The molecule has 0 saturated heterocycles. The summed E-state index contributed by atoms with van der Waals surface area (Å²) < 4.78 is 4.04. The molecule has 1 amide bonds. The average molecular weight is 660 g/mol. The Kier molecular flexibility index (Phi) is 11.1. The molecule has 226 valence electrons. The first-order valence-corrected chi connectivity index (χ1v) is 18.6. The van der Waals surface area contributed by atoms with Crippen LogP contribution < -0.4 is 5.62 Å². The second kappa shape index (κ2) is 14.6. The molecule has 0 fully saturated rings. The van der Waals surface area contributed by atoms with Crippen molar-refractivity contribution in [3.63, 3.8) is 0 Å². The summed E-state index contributed by atoms with van der Waals surface area (Å²) in [7, 11) is 9.78. The molecule has 0 saturated carbocycles. The average Bonchev–Trinajstić information content (AvgIpc) is 3.29. The second-order valence-corrected chi connectivity index (χ2v) is 13.9. The van der Waals surface area contributed by atoms with Gasteiger partial charge in [0.15, 0.2) is 0 Å². The number of carbonyl (C=O) groups excluding carboxylic acids is 1. The summed E-state index contributed by atoms with van der Waals surface area (Å²) in [5, 5.41) is 4.54.